The van der Waals surface area contributed by atoms with Gasteiger partial charge in [0, 0.05) is 12.1 Å². The average Bonchev–Trinajstić information content (AvgIpc) is 2.54. The second-order valence-corrected chi connectivity index (χ2v) is 4.34. The van der Waals surface area contributed by atoms with Gasteiger partial charge in [0.15, 0.2) is 0 Å². The number of ether oxygens (including phenoxy) is 1. The van der Waals surface area contributed by atoms with E-state index < -0.39 is 24.4 Å². The molecule has 0 saturated carbocycles. The minimum atomic E-state index is -4.99. The van der Waals surface area contributed by atoms with Crippen molar-refractivity contribution >= 4 is 6.09 Å². The van der Waals surface area contributed by atoms with Gasteiger partial charge in [0.05, 0.1) is 7.11 Å². The molecule has 1 fully saturated rings. The van der Waals surface area contributed by atoms with Crippen LogP contribution in [0.2, 0.25) is 0 Å². The van der Waals surface area contributed by atoms with E-state index in [1.54, 1.807) is 13.8 Å². The van der Waals surface area contributed by atoms with Crippen LogP contribution in [0.5, 0.6) is 0 Å². The highest BCUT2D eigenvalue weighted by atomic mass is 19.4. The molecule has 1 amide bonds. The van der Waals surface area contributed by atoms with Crippen molar-refractivity contribution in [3.63, 3.8) is 0 Å². The number of halogens is 3. The molecule has 1 unspecified atom stereocenters. The number of carbonyl (C=O) groups excluding carboxylic acids is 1. The van der Waals surface area contributed by atoms with E-state index in [1.165, 1.54) is 6.08 Å². The van der Waals surface area contributed by atoms with Gasteiger partial charge in [0.2, 0.25) is 0 Å². The minimum Gasteiger partial charge on any atom is -0.451 e. The van der Waals surface area contributed by atoms with E-state index in [-0.39, 0.29) is 16.6 Å². The number of hydrogen-bond acceptors (Lipinski definition) is 4. The molecule has 1 atom stereocenters. The van der Waals surface area contributed by atoms with Crippen molar-refractivity contribution in [3.05, 3.63) is 11.8 Å². The third-order valence-corrected chi connectivity index (χ3v) is 2.41. The Morgan fingerprint density at radius 2 is 2.17 bits per heavy atom. The van der Waals surface area contributed by atoms with Gasteiger partial charge in [-0.15, -0.1) is 0 Å². The normalized spacial score (nSPS) is 26.7. The molecule has 0 aromatic rings. The highest BCUT2D eigenvalue weighted by Crippen LogP contribution is 2.41. The number of nitrogens with zero attached hydrogens (tertiary/aromatic N) is 1. The van der Waals surface area contributed by atoms with E-state index in [9.17, 15) is 23.1 Å². The van der Waals surface area contributed by atoms with Crippen LogP contribution in [0.4, 0.5) is 18.0 Å². The predicted octanol–water partition coefficient (Wildman–Crippen LogP) is 1.75. The zero-order valence-corrected chi connectivity index (χ0v) is 10.2. The maximum Gasteiger partial charge on any atom is 0.438 e. The zero-order valence-electron chi connectivity index (χ0n) is 10.2. The molecule has 2 N–H and O–H groups in total. The summed E-state index contributed by atoms with van der Waals surface area (Å²) >= 11 is 0. The van der Waals surface area contributed by atoms with Crippen molar-refractivity contribution in [3.8, 4) is 0 Å². The van der Waals surface area contributed by atoms with Crippen molar-refractivity contribution in [1.29, 1.82) is 0 Å². The van der Waals surface area contributed by atoms with Crippen molar-refractivity contribution in [2.24, 2.45) is 5.92 Å². The Bertz CT molecular complexity index is 368. The van der Waals surface area contributed by atoms with E-state index in [0.29, 0.717) is 0 Å². The van der Waals surface area contributed by atoms with Crippen molar-refractivity contribution in [1.82, 2.24) is 10.4 Å². The van der Waals surface area contributed by atoms with Crippen LogP contribution in [0.1, 0.15) is 20.3 Å². The number of rotatable bonds is 1. The number of allylic oxidation sites excluding steroid dienone is 1. The second kappa shape index (κ2) is 4.68. The lowest BCUT2D eigenvalue weighted by molar-refractivity contribution is -0.301. The molecule has 0 aromatic carbocycles. The Labute approximate surface area is 102 Å². The molecule has 0 bridgehead atoms. The van der Waals surface area contributed by atoms with Gasteiger partial charge in [-0.3, -0.25) is 5.43 Å². The predicted molar refractivity (Wildman–Crippen MR) is 55.9 cm³/mol. The summed E-state index contributed by atoms with van der Waals surface area (Å²) in [6.45, 7) is 3.53. The first-order valence-electron chi connectivity index (χ1n) is 5.26. The smallest absolute Gasteiger partial charge is 0.438 e. The molecule has 1 aliphatic rings. The van der Waals surface area contributed by atoms with Crippen molar-refractivity contribution in [2.75, 3.05) is 7.11 Å². The van der Waals surface area contributed by atoms with Crippen LogP contribution in [0.15, 0.2) is 11.8 Å². The number of methoxy groups -OCH3 is 1. The van der Waals surface area contributed by atoms with Crippen LogP contribution >= 0.6 is 0 Å². The number of aliphatic hydroxyl groups is 1. The number of hydrazine groups is 1. The number of hydrogen-bond donors (Lipinski definition) is 2. The van der Waals surface area contributed by atoms with E-state index in [1.807, 2.05) is 0 Å². The number of nitrogens with one attached hydrogen (secondary N) is 1. The Balaban J connectivity index is 3.11. The summed E-state index contributed by atoms with van der Waals surface area (Å²) in [4.78, 5) is 11.3. The minimum absolute atomic E-state index is 0.0254. The lowest BCUT2D eigenvalue weighted by atomic mass is 10.1. The van der Waals surface area contributed by atoms with Gasteiger partial charge in [-0.25, -0.2) is 4.79 Å². The SMILES string of the molecule is COC(=O)N1NC(=CC(C)C)CC1(O)C(F)(F)F. The fraction of sp³-hybridized carbons (Fsp3) is 0.700. The van der Waals surface area contributed by atoms with Gasteiger partial charge in [-0.05, 0) is 5.92 Å². The number of carbonyl (C=O) groups is 1. The van der Waals surface area contributed by atoms with Crippen LogP contribution in [0, 0.1) is 5.92 Å². The molecule has 104 valence electrons. The fourth-order valence-electron chi connectivity index (χ4n) is 1.63. The van der Waals surface area contributed by atoms with E-state index in [4.69, 9.17) is 0 Å². The molecule has 1 rings (SSSR count). The third-order valence-electron chi connectivity index (χ3n) is 2.41. The quantitative estimate of drug-likeness (QED) is 0.760. The highest BCUT2D eigenvalue weighted by Gasteiger charge is 2.64. The molecule has 8 heteroatoms. The standard InChI is InChI=1S/C10H15F3N2O3/c1-6(2)4-7-5-9(17,10(11,12)13)15(14-7)8(16)18-3/h4,6,14,17H,5H2,1-3H3. The van der Waals surface area contributed by atoms with Crippen molar-refractivity contribution < 1.29 is 27.8 Å². The first kappa shape index (κ1) is 14.6. The summed E-state index contributed by atoms with van der Waals surface area (Å²) in [7, 11) is 0.935. The summed E-state index contributed by atoms with van der Waals surface area (Å²) in [5.41, 5.74) is -0.950. The Morgan fingerprint density at radius 1 is 1.61 bits per heavy atom. The topological polar surface area (TPSA) is 61.8 Å². The fourth-order valence-corrected chi connectivity index (χ4v) is 1.63. The molecule has 0 radical (unpaired) electrons. The van der Waals surface area contributed by atoms with Gasteiger partial charge in [0.25, 0.3) is 5.72 Å². The average molecular weight is 268 g/mol. The summed E-state index contributed by atoms with van der Waals surface area (Å²) in [6, 6.07) is 0. The number of alkyl halides is 3. The first-order chi connectivity index (χ1) is 8.11. The van der Waals surface area contributed by atoms with Gasteiger partial charge in [-0.2, -0.15) is 18.2 Å². The van der Waals surface area contributed by atoms with Crippen LogP contribution in [-0.4, -0.2) is 35.2 Å². The van der Waals surface area contributed by atoms with Gasteiger partial charge in [-0.1, -0.05) is 19.9 Å². The van der Waals surface area contributed by atoms with E-state index in [0.717, 1.165) is 7.11 Å². The third kappa shape index (κ3) is 2.53. The molecule has 5 nitrogen and oxygen atoms in total. The Morgan fingerprint density at radius 3 is 2.56 bits per heavy atom. The molecule has 1 heterocycles. The highest BCUT2D eigenvalue weighted by molar-refractivity contribution is 5.68. The maximum atomic E-state index is 12.8. The second-order valence-electron chi connectivity index (χ2n) is 4.34. The summed E-state index contributed by atoms with van der Waals surface area (Å²) in [6.07, 6.45) is -5.54. The van der Waals surface area contributed by atoms with Gasteiger partial charge < -0.3 is 9.84 Å². The zero-order chi connectivity index (χ0) is 14.1. The maximum absolute atomic E-state index is 12.8. The number of amides is 1. The van der Waals surface area contributed by atoms with Crippen molar-refractivity contribution in [2.45, 2.75) is 32.2 Å². The van der Waals surface area contributed by atoms with Gasteiger partial charge in [0.1, 0.15) is 0 Å². The van der Waals surface area contributed by atoms with E-state index >= 15 is 0 Å². The molecule has 1 saturated heterocycles. The van der Waals surface area contributed by atoms with Crippen LogP contribution in [-0.2, 0) is 4.74 Å². The monoisotopic (exact) mass is 268 g/mol. The Kier molecular flexibility index (Phi) is 3.80. The van der Waals surface area contributed by atoms with Crippen LogP contribution in [0.25, 0.3) is 0 Å². The van der Waals surface area contributed by atoms with Gasteiger partial charge >= 0.3 is 12.3 Å². The molecule has 1 aliphatic heterocycles. The molecular formula is C10H15F3N2O3. The molecule has 18 heavy (non-hydrogen) atoms. The lowest BCUT2D eigenvalue weighted by Gasteiger charge is -2.32. The van der Waals surface area contributed by atoms with Crippen LogP contribution < -0.4 is 5.43 Å². The summed E-state index contributed by atoms with van der Waals surface area (Å²) < 4.78 is 42.7. The Hall–Kier alpha value is -1.44. The van der Waals surface area contributed by atoms with E-state index in [2.05, 4.69) is 10.2 Å². The molecule has 0 spiro atoms. The summed E-state index contributed by atoms with van der Waals surface area (Å²) in [5.74, 6) is -0.0254. The largest absolute Gasteiger partial charge is 0.451 e. The molecular weight excluding hydrogens is 253 g/mol. The summed E-state index contributed by atoms with van der Waals surface area (Å²) in [5, 5.41) is 9.73. The lowest BCUT2D eigenvalue weighted by Crippen LogP contribution is -2.59. The van der Waals surface area contributed by atoms with Crippen LogP contribution in [0.3, 0.4) is 0 Å². The molecule has 0 aromatic heterocycles. The molecule has 0 aliphatic carbocycles. The first-order valence-corrected chi connectivity index (χ1v) is 5.26.